The Morgan fingerprint density at radius 3 is 2.80 bits per heavy atom. The van der Waals surface area contributed by atoms with E-state index in [9.17, 15) is 4.79 Å². The first-order valence-electron chi connectivity index (χ1n) is 10.6. The van der Waals surface area contributed by atoms with Crippen LogP contribution in [-0.4, -0.2) is 46.5 Å². The second-order valence-corrected chi connectivity index (χ2v) is 8.32. The van der Waals surface area contributed by atoms with Crippen molar-refractivity contribution in [1.29, 1.82) is 0 Å². The van der Waals surface area contributed by atoms with Gasteiger partial charge in [-0.2, -0.15) is 0 Å². The fraction of sp³-hybridized carbons (Fsp3) is 0.375. The third-order valence-corrected chi connectivity index (χ3v) is 6.43. The fourth-order valence-electron chi connectivity index (χ4n) is 4.93. The van der Waals surface area contributed by atoms with E-state index < -0.39 is 0 Å². The molecule has 3 fully saturated rings. The van der Waals surface area contributed by atoms with Gasteiger partial charge in [0.15, 0.2) is 5.76 Å². The highest BCUT2D eigenvalue weighted by molar-refractivity contribution is 5.91. The molecule has 3 aromatic rings. The zero-order chi connectivity index (χ0) is 20.5. The van der Waals surface area contributed by atoms with Gasteiger partial charge >= 0.3 is 0 Å². The number of carbonyl (C=O) groups is 1. The van der Waals surface area contributed by atoms with Crippen LogP contribution in [0, 0.1) is 12.8 Å². The van der Waals surface area contributed by atoms with Crippen LogP contribution in [0.2, 0.25) is 0 Å². The summed E-state index contributed by atoms with van der Waals surface area (Å²) >= 11 is 0. The van der Waals surface area contributed by atoms with Crippen molar-refractivity contribution in [2.45, 2.75) is 31.7 Å². The van der Waals surface area contributed by atoms with Gasteiger partial charge < -0.3 is 9.73 Å². The van der Waals surface area contributed by atoms with Gasteiger partial charge in [-0.1, -0.05) is 30.3 Å². The molecule has 3 aliphatic heterocycles. The van der Waals surface area contributed by atoms with Crippen LogP contribution in [-0.2, 0) is 0 Å². The second-order valence-electron chi connectivity index (χ2n) is 8.32. The predicted molar refractivity (Wildman–Crippen MR) is 114 cm³/mol. The first-order chi connectivity index (χ1) is 14.7. The molecule has 1 amide bonds. The van der Waals surface area contributed by atoms with Crippen molar-refractivity contribution < 1.29 is 9.21 Å². The monoisotopic (exact) mass is 402 g/mol. The van der Waals surface area contributed by atoms with E-state index in [0.29, 0.717) is 30.2 Å². The third-order valence-electron chi connectivity index (χ3n) is 6.43. The van der Waals surface area contributed by atoms with Crippen molar-refractivity contribution in [2.24, 2.45) is 5.92 Å². The first kappa shape index (κ1) is 19.0. The summed E-state index contributed by atoms with van der Waals surface area (Å²) in [5.74, 6) is 2.05. The largest absolute Gasteiger partial charge is 0.459 e. The molecule has 1 aromatic carbocycles. The van der Waals surface area contributed by atoms with Gasteiger partial charge in [0.05, 0.1) is 12.0 Å². The lowest BCUT2D eigenvalue weighted by atomic mass is 9.74. The van der Waals surface area contributed by atoms with Gasteiger partial charge in [0.1, 0.15) is 5.82 Å². The number of nitrogens with one attached hydrogen (secondary N) is 1. The molecule has 154 valence electrons. The average Bonchev–Trinajstić information content (AvgIpc) is 3.33. The summed E-state index contributed by atoms with van der Waals surface area (Å²) in [5, 5.41) is 3.03. The number of nitrogens with zero attached hydrogens (tertiary/aromatic N) is 3. The molecule has 0 spiro atoms. The number of rotatable bonds is 5. The topological polar surface area (TPSA) is 71.3 Å². The van der Waals surface area contributed by atoms with Crippen molar-refractivity contribution in [1.82, 2.24) is 20.2 Å². The molecular formula is C24H26N4O2. The summed E-state index contributed by atoms with van der Waals surface area (Å²) < 4.78 is 5.19. The lowest BCUT2D eigenvalue weighted by molar-refractivity contribution is 0.0288. The molecule has 6 nitrogen and oxygen atoms in total. The molecule has 2 aromatic heterocycles. The lowest BCUT2D eigenvalue weighted by Gasteiger charge is -2.49. The van der Waals surface area contributed by atoms with Crippen LogP contribution in [0.4, 0.5) is 0 Å². The summed E-state index contributed by atoms with van der Waals surface area (Å²) in [4.78, 5) is 24.2. The minimum atomic E-state index is -0.141. The number of furan rings is 1. The van der Waals surface area contributed by atoms with Crippen LogP contribution in [0.3, 0.4) is 0 Å². The number of hydrogen-bond donors (Lipinski definition) is 1. The number of aromatic nitrogens is 2. The minimum absolute atomic E-state index is 0.141. The molecular weight excluding hydrogens is 376 g/mol. The van der Waals surface area contributed by atoms with Gasteiger partial charge in [-0.25, -0.2) is 9.97 Å². The number of aryl methyl sites for hydroxylation is 1. The van der Waals surface area contributed by atoms with Gasteiger partial charge in [0.25, 0.3) is 5.91 Å². The molecule has 6 rings (SSSR count). The van der Waals surface area contributed by atoms with Gasteiger partial charge in [-0.05, 0) is 50.4 Å². The highest BCUT2D eigenvalue weighted by atomic mass is 16.3. The summed E-state index contributed by atoms with van der Waals surface area (Å²) in [6.45, 7) is 4.69. The van der Waals surface area contributed by atoms with E-state index in [-0.39, 0.29) is 5.91 Å². The Labute approximate surface area is 176 Å². The van der Waals surface area contributed by atoms with Crippen LogP contribution < -0.4 is 5.32 Å². The van der Waals surface area contributed by atoms with E-state index in [0.717, 1.165) is 42.3 Å². The normalized spacial score (nSPS) is 25.2. The zero-order valence-corrected chi connectivity index (χ0v) is 17.1. The molecule has 1 unspecified atom stereocenters. The van der Waals surface area contributed by atoms with Gasteiger partial charge in [-0.15, -0.1) is 0 Å². The van der Waals surface area contributed by atoms with Crippen molar-refractivity contribution >= 4 is 5.91 Å². The lowest BCUT2D eigenvalue weighted by Crippen LogP contribution is -2.56. The van der Waals surface area contributed by atoms with Crippen LogP contribution in [0.25, 0.3) is 11.3 Å². The average molecular weight is 402 g/mol. The van der Waals surface area contributed by atoms with E-state index >= 15 is 0 Å². The Balaban J connectivity index is 1.29. The quantitative estimate of drug-likeness (QED) is 0.705. The Kier molecular flexibility index (Phi) is 5.09. The van der Waals surface area contributed by atoms with Crippen LogP contribution >= 0.6 is 0 Å². The smallest absolute Gasteiger partial charge is 0.287 e. The Morgan fingerprint density at radius 1 is 1.20 bits per heavy atom. The molecule has 1 N–H and O–H groups in total. The molecule has 0 radical (unpaired) electrons. The highest BCUT2D eigenvalue weighted by Gasteiger charge is 2.41. The maximum absolute atomic E-state index is 12.2. The van der Waals surface area contributed by atoms with E-state index in [1.165, 1.54) is 12.7 Å². The molecule has 2 bridgehead atoms. The van der Waals surface area contributed by atoms with Crippen molar-refractivity contribution in [3.63, 3.8) is 0 Å². The van der Waals surface area contributed by atoms with Crippen LogP contribution in [0.1, 0.15) is 40.8 Å². The van der Waals surface area contributed by atoms with E-state index in [2.05, 4.69) is 33.4 Å². The van der Waals surface area contributed by atoms with E-state index in [1.54, 1.807) is 12.1 Å². The van der Waals surface area contributed by atoms with Gasteiger partial charge in [0.2, 0.25) is 0 Å². The summed E-state index contributed by atoms with van der Waals surface area (Å²) in [5.41, 5.74) is 3.27. The highest BCUT2D eigenvalue weighted by Crippen LogP contribution is 2.41. The summed E-state index contributed by atoms with van der Waals surface area (Å²) in [7, 11) is 0. The molecule has 0 aliphatic carbocycles. The molecule has 6 heteroatoms. The Hall–Kier alpha value is -2.99. The number of piperidine rings is 3. The van der Waals surface area contributed by atoms with Crippen LogP contribution in [0.5, 0.6) is 0 Å². The molecule has 5 heterocycles. The van der Waals surface area contributed by atoms with E-state index in [4.69, 9.17) is 9.40 Å². The van der Waals surface area contributed by atoms with Crippen LogP contribution in [0.15, 0.2) is 59.2 Å². The van der Waals surface area contributed by atoms with Crippen molar-refractivity contribution in [3.05, 3.63) is 72.1 Å². The molecule has 0 saturated carbocycles. The molecule has 4 atom stereocenters. The summed E-state index contributed by atoms with van der Waals surface area (Å²) in [6.07, 6.45) is 3.78. The number of amides is 1. The predicted octanol–water partition coefficient (Wildman–Crippen LogP) is 3.65. The molecule has 30 heavy (non-hydrogen) atoms. The van der Waals surface area contributed by atoms with E-state index in [1.807, 2.05) is 25.1 Å². The first-order valence-corrected chi connectivity index (χ1v) is 10.6. The maximum atomic E-state index is 12.2. The maximum Gasteiger partial charge on any atom is 0.287 e. The Bertz CT molecular complexity index is 1020. The SMILES string of the molecule is Cc1nc(-c2ccccc2)cc([C@H]2CN3CC[C@H]2C[C@@H]3CNC(=O)c2ccco2)n1. The fourth-order valence-corrected chi connectivity index (χ4v) is 4.93. The Morgan fingerprint density at radius 2 is 2.07 bits per heavy atom. The van der Waals surface area contributed by atoms with Crippen molar-refractivity contribution in [3.8, 4) is 11.3 Å². The second kappa shape index (κ2) is 8.03. The van der Waals surface area contributed by atoms with Gasteiger partial charge in [-0.3, -0.25) is 9.69 Å². The zero-order valence-electron chi connectivity index (χ0n) is 17.1. The van der Waals surface area contributed by atoms with Crippen molar-refractivity contribution in [2.75, 3.05) is 19.6 Å². The number of carbonyl (C=O) groups excluding carboxylic acids is 1. The number of hydrogen-bond acceptors (Lipinski definition) is 5. The summed E-state index contributed by atoms with van der Waals surface area (Å²) in [6, 6.07) is 16.3. The standard InChI is InChI=1S/C24H26N4O2/c1-16-26-21(17-6-3-2-4-7-17)13-22(27-16)20-15-28-10-9-18(20)12-19(28)14-25-24(29)23-8-5-11-30-23/h2-8,11,13,18-20H,9-10,12,14-15H2,1H3,(H,25,29)/t18-,19+,20-/m0/s1. The molecule has 3 saturated heterocycles. The minimum Gasteiger partial charge on any atom is -0.459 e. The molecule has 3 aliphatic rings. The number of benzene rings is 1. The third kappa shape index (κ3) is 3.75. The number of fused-ring (bicyclic) bond motifs is 3. The van der Waals surface area contributed by atoms with Gasteiger partial charge in [0, 0.05) is 36.3 Å².